The molecule has 2 amide bonds. The van der Waals surface area contributed by atoms with E-state index in [4.69, 9.17) is 10.5 Å². The van der Waals surface area contributed by atoms with Crippen molar-refractivity contribution in [3.05, 3.63) is 119 Å². The second-order valence-electron chi connectivity index (χ2n) is 11.8. The van der Waals surface area contributed by atoms with Gasteiger partial charge in [-0.3, -0.25) is 4.79 Å². The number of para-hydroxylation sites is 1. The predicted octanol–water partition coefficient (Wildman–Crippen LogP) is 4.76. The van der Waals surface area contributed by atoms with E-state index in [1.807, 2.05) is 36.0 Å². The van der Waals surface area contributed by atoms with Gasteiger partial charge in [-0.25, -0.2) is 9.78 Å². The smallest absolute Gasteiger partial charge is 0.404 e. The zero-order valence-electron chi connectivity index (χ0n) is 25.4. The van der Waals surface area contributed by atoms with E-state index in [-0.39, 0.29) is 24.3 Å². The summed E-state index contributed by atoms with van der Waals surface area (Å²) in [6, 6.07) is 19.1. The van der Waals surface area contributed by atoms with E-state index in [0.29, 0.717) is 31.6 Å². The average molecular weight is 618 g/mol. The van der Waals surface area contributed by atoms with Crippen LogP contribution in [0.3, 0.4) is 0 Å². The second kappa shape index (κ2) is 12.1. The number of rotatable bonds is 11. The highest BCUT2D eigenvalue weighted by atomic mass is 16.5. The molecule has 3 aromatic carbocycles. The minimum atomic E-state index is -0.758. The lowest BCUT2D eigenvalue weighted by Gasteiger charge is -2.15. The Balaban J connectivity index is 1.14. The number of aromatic nitrogens is 4. The number of nitrogens with zero attached hydrogens (tertiary/aromatic N) is 3. The van der Waals surface area contributed by atoms with Crippen LogP contribution in [0.5, 0.6) is 5.75 Å². The summed E-state index contributed by atoms with van der Waals surface area (Å²) in [5.74, 6) is -0.0175. The highest BCUT2D eigenvalue weighted by Crippen LogP contribution is 2.38. The van der Waals surface area contributed by atoms with E-state index in [0.717, 1.165) is 56.3 Å². The maximum Gasteiger partial charge on any atom is 0.404 e. The molecular weight excluding hydrogens is 582 g/mol. The summed E-state index contributed by atoms with van der Waals surface area (Å²) >= 11 is 0. The van der Waals surface area contributed by atoms with Crippen molar-refractivity contribution < 1.29 is 19.4 Å². The lowest BCUT2D eigenvalue weighted by atomic mass is 9.95. The molecule has 234 valence electrons. The van der Waals surface area contributed by atoms with Gasteiger partial charge in [0.2, 0.25) is 0 Å². The fourth-order valence-corrected chi connectivity index (χ4v) is 6.54. The number of imidazole rings is 1. The van der Waals surface area contributed by atoms with Gasteiger partial charge in [0, 0.05) is 71.2 Å². The number of primary amides is 1. The molecule has 1 aliphatic heterocycles. The first-order valence-electron chi connectivity index (χ1n) is 15.3. The topological polar surface area (TPSA) is 152 Å². The molecule has 4 heterocycles. The summed E-state index contributed by atoms with van der Waals surface area (Å²) in [4.78, 5) is 31.9. The first-order chi connectivity index (χ1) is 22.3. The van der Waals surface area contributed by atoms with Crippen molar-refractivity contribution in [3.8, 4) is 5.75 Å². The molecule has 11 heteroatoms. The van der Waals surface area contributed by atoms with Crippen molar-refractivity contribution in [2.24, 2.45) is 12.8 Å². The van der Waals surface area contributed by atoms with Gasteiger partial charge in [-0.1, -0.05) is 30.3 Å². The standard InChI is InChI=1S/C35H35N7O4/c1-41-18-23(38-20-41)19-42-17-22(5-4-12-46-35(36)45)25-10-8-21(13-31(25)42)15-37-16-30-32(27-6-2-3-7-29(27)39-30)33-28-14-24(43)9-11-26(28)34(44)40-33/h2-3,6-11,13-14,17-18,20,33,37,39,43H,4-5,12,15-16,19H2,1H3,(H2,36,45)(H,40,44). The van der Waals surface area contributed by atoms with Crippen LogP contribution in [0.25, 0.3) is 21.8 Å². The van der Waals surface area contributed by atoms with Gasteiger partial charge in [-0.05, 0) is 59.9 Å². The van der Waals surface area contributed by atoms with Gasteiger partial charge in [-0.15, -0.1) is 0 Å². The number of carbonyl (C=O) groups excluding carboxylic acids is 2. The van der Waals surface area contributed by atoms with Crippen molar-refractivity contribution in [2.75, 3.05) is 6.61 Å². The van der Waals surface area contributed by atoms with Gasteiger partial charge >= 0.3 is 6.09 Å². The number of aryl methyl sites for hydroxylation is 2. The molecule has 0 bridgehead atoms. The number of aromatic amines is 1. The lowest BCUT2D eigenvalue weighted by molar-refractivity contribution is 0.0960. The number of hydrogen-bond acceptors (Lipinski definition) is 6. The third-order valence-electron chi connectivity index (χ3n) is 8.57. The molecule has 0 fully saturated rings. The van der Waals surface area contributed by atoms with Crippen molar-refractivity contribution in [2.45, 2.75) is 38.5 Å². The van der Waals surface area contributed by atoms with Crippen LogP contribution in [0.1, 0.15) is 56.5 Å². The Hall–Kier alpha value is -5.55. The van der Waals surface area contributed by atoms with Gasteiger partial charge < -0.3 is 40.3 Å². The Labute approximate surface area is 265 Å². The number of phenolic OH excluding ortho intramolecular Hbond substituents is 1. The molecule has 0 aliphatic carbocycles. The highest BCUT2D eigenvalue weighted by molar-refractivity contribution is 6.01. The zero-order chi connectivity index (χ0) is 31.8. The number of fused-ring (bicyclic) bond motifs is 3. The van der Waals surface area contributed by atoms with Crippen LogP contribution in [0.15, 0.2) is 79.4 Å². The Morgan fingerprint density at radius 2 is 1.96 bits per heavy atom. The number of nitrogens with two attached hydrogens (primary N) is 1. The zero-order valence-corrected chi connectivity index (χ0v) is 25.4. The Morgan fingerprint density at radius 3 is 2.78 bits per heavy atom. The fraction of sp³-hybridized carbons (Fsp3) is 0.229. The van der Waals surface area contributed by atoms with E-state index in [1.165, 1.54) is 5.56 Å². The van der Waals surface area contributed by atoms with Crippen LogP contribution in [0.2, 0.25) is 0 Å². The normalized spacial score (nSPS) is 14.2. The van der Waals surface area contributed by atoms with E-state index in [1.54, 1.807) is 24.5 Å². The Morgan fingerprint density at radius 1 is 1.09 bits per heavy atom. The molecule has 0 saturated heterocycles. The molecule has 1 aliphatic rings. The largest absolute Gasteiger partial charge is 0.508 e. The summed E-state index contributed by atoms with van der Waals surface area (Å²) in [7, 11) is 1.96. The molecule has 46 heavy (non-hydrogen) atoms. The van der Waals surface area contributed by atoms with Gasteiger partial charge in [0.1, 0.15) is 5.75 Å². The van der Waals surface area contributed by atoms with Crippen molar-refractivity contribution in [3.63, 3.8) is 0 Å². The minimum absolute atomic E-state index is 0.130. The summed E-state index contributed by atoms with van der Waals surface area (Å²) < 4.78 is 9.10. The number of ether oxygens (including phenoxy) is 1. The van der Waals surface area contributed by atoms with Gasteiger partial charge in [-0.2, -0.15) is 0 Å². The van der Waals surface area contributed by atoms with Gasteiger partial charge in [0.25, 0.3) is 5.91 Å². The molecular formula is C35H35N7O4. The van der Waals surface area contributed by atoms with Crippen LogP contribution >= 0.6 is 0 Å². The number of hydrogen-bond donors (Lipinski definition) is 5. The monoisotopic (exact) mass is 617 g/mol. The molecule has 1 atom stereocenters. The molecule has 11 nitrogen and oxygen atoms in total. The number of phenols is 1. The highest BCUT2D eigenvalue weighted by Gasteiger charge is 2.33. The number of carbonyl (C=O) groups is 2. The number of benzene rings is 3. The predicted molar refractivity (Wildman–Crippen MR) is 174 cm³/mol. The lowest BCUT2D eigenvalue weighted by Crippen LogP contribution is -2.22. The van der Waals surface area contributed by atoms with Gasteiger partial charge in [0.15, 0.2) is 0 Å². The maximum atomic E-state index is 12.8. The number of aromatic hydroxyl groups is 1. The molecule has 0 saturated carbocycles. The van der Waals surface area contributed by atoms with Crippen molar-refractivity contribution in [1.82, 2.24) is 29.7 Å². The maximum absolute atomic E-state index is 12.8. The van der Waals surface area contributed by atoms with E-state index >= 15 is 0 Å². The average Bonchev–Trinajstić information content (AvgIpc) is 3.79. The molecule has 6 aromatic rings. The van der Waals surface area contributed by atoms with E-state index in [2.05, 4.69) is 55.6 Å². The molecule has 7 rings (SSSR count). The first kappa shape index (κ1) is 29.2. The van der Waals surface area contributed by atoms with E-state index < -0.39 is 6.09 Å². The van der Waals surface area contributed by atoms with E-state index in [9.17, 15) is 14.7 Å². The molecule has 0 radical (unpaired) electrons. The summed E-state index contributed by atoms with van der Waals surface area (Å²) in [5, 5.41) is 19.1. The summed E-state index contributed by atoms with van der Waals surface area (Å²) in [6.45, 7) is 2.07. The fourth-order valence-electron chi connectivity index (χ4n) is 6.54. The van der Waals surface area contributed by atoms with Crippen LogP contribution in [-0.2, 0) is 37.8 Å². The molecule has 6 N–H and O–H groups in total. The third-order valence-corrected chi connectivity index (χ3v) is 8.57. The van der Waals surface area contributed by atoms with Crippen LogP contribution < -0.4 is 16.4 Å². The van der Waals surface area contributed by atoms with Crippen LogP contribution in [0.4, 0.5) is 4.79 Å². The van der Waals surface area contributed by atoms with Crippen molar-refractivity contribution >= 4 is 33.8 Å². The number of amides is 2. The number of nitrogens with one attached hydrogen (secondary N) is 3. The quantitative estimate of drug-likeness (QED) is 0.132. The van der Waals surface area contributed by atoms with Gasteiger partial charge in [0.05, 0.1) is 31.2 Å². The Kier molecular flexibility index (Phi) is 7.67. The molecule has 1 unspecified atom stereocenters. The molecule has 0 spiro atoms. The Bertz CT molecular complexity index is 2090. The minimum Gasteiger partial charge on any atom is -0.508 e. The second-order valence-corrected chi connectivity index (χ2v) is 11.8. The SMILES string of the molecule is Cn1cnc(Cn2cc(CCCOC(N)=O)c3ccc(CNCc4[nH]c5ccccc5c4C4NC(=O)c5ccc(O)cc54)cc32)c1. The summed E-state index contributed by atoms with van der Waals surface area (Å²) in [6.07, 6.45) is 6.64. The number of H-pyrrole nitrogens is 1. The third kappa shape index (κ3) is 5.68. The summed E-state index contributed by atoms with van der Waals surface area (Å²) in [5.41, 5.74) is 13.8. The van der Waals surface area contributed by atoms with Crippen molar-refractivity contribution in [1.29, 1.82) is 0 Å². The van der Waals surface area contributed by atoms with Crippen LogP contribution in [-0.4, -0.2) is 42.8 Å². The molecule has 3 aromatic heterocycles. The first-order valence-corrected chi connectivity index (χ1v) is 15.3. The van der Waals surface area contributed by atoms with Crippen LogP contribution in [0, 0.1) is 0 Å².